The highest BCUT2D eigenvalue weighted by atomic mass is 16.7. The van der Waals surface area contributed by atoms with Gasteiger partial charge in [0, 0.05) is 13.1 Å². The SMILES string of the molecule is CCOC(=O)C1CN(Cc2ccccc2)OC1C(CC(C)C)NC(=O)OC(C)(C)C. The fourth-order valence-corrected chi connectivity index (χ4v) is 3.55. The Morgan fingerprint density at radius 1 is 1.23 bits per heavy atom. The van der Waals surface area contributed by atoms with E-state index in [1.807, 2.05) is 51.1 Å². The topological polar surface area (TPSA) is 77.1 Å². The van der Waals surface area contributed by atoms with Crippen LogP contribution in [0.15, 0.2) is 30.3 Å². The molecule has 30 heavy (non-hydrogen) atoms. The fourth-order valence-electron chi connectivity index (χ4n) is 3.55. The van der Waals surface area contributed by atoms with E-state index >= 15 is 0 Å². The average molecular weight is 421 g/mol. The number of hydrogen-bond acceptors (Lipinski definition) is 6. The molecule has 7 nitrogen and oxygen atoms in total. The smallest absolute Gasteiger partial charge is 0.407 e. The first-order chi connectivity index (χ1) is 14.1. The summed E-state index contributed by atoms with van der Waals surface area (Å²) in [6.45, 7) is 12.6. The van der Waals surface area contributed by atoms with Gasteiger partial charge in [-0.05, 0) is 45.6 Å². The van der Waals surface area contributed by atoms with Crippen molar-refractivity contribution < 1.29 is 23.9 Å². The Bertz CT molecular complexity index is 687. The Hall–Kier alpha value is -2.12. The van der Waals surface area contributed by atoms with Crippen LogP contribution in [0.2, 0.25) is 0 Å². The second kappa shape index (κ2) is 10.8. The molecule has 1 fully saturated rings. The minimum absolute atomic E-state index is 0.291. The molecule has 1 aromatic rings. The molecule has 1 heterocycles. The van der Waals surface area contributed by atoms with Gasteiger partial charge in [-0.15, -0.1) is 0 Å². The Labute approximate surface area is 180 Å². The quantitative estimate of drug-likeness (QED) is 0.643. The van der Waals surface area contributed by atoms with E-state index in [4.69, 9.17) is 14.3 Å². The summed E-state index contributed by atoms with van der Waals surface area (Å²) >= 11 is 0. The number of nitrogens with one attached hydrogen (secondary N) is 1. The maximum Gasteiger partial charge on any atom is 0.407 e. The predicted molar refractivity (Wildman–Crippen MR) is 114 cm³/mol. The van der Waals surface area contributed by atoms with Crippen molar-refractivity contribution in [2.75, 3.05) is 13.2 Å². The zero-order valence-corrected chi connectivity index (χ0v) is 19.0. The zero-order valence-electron chi connectivity index (χ0n) is 19.0. The number of hydrogen-bond donors (Lipinski definition) is 1. The number of amides is 1. The number of alkyl carbamates (subject to hydrolysis) is 1. The van der Waals surface area contributed by atoms with E-state index in [0.29, 0.717) is 32.0 Å². The highest BCUT2D eigenvalue weighted by Crippen LogP contribution is 2.29. The molecular weight excluding hydrogens is 384 g/mol. The van der Waals surface area contributed by atoms with Gasteiger partial charge in [0.05, 0.1) is 12.6 Å². The zero-order chi connectivity index (χ0) is 22.3. The van der Waals surface area contributed by atoms with Crippen LogP contribution in [-0.2, 0) is 25.7 Å². The van der Waals surface area contributed by atoms with Crippen molar-refractivity contribution >= 4 is 12.1 Å². The van der Waals surface area contributed by atoms with Crippen LogP contribution in [0.1, 0.15) is 53.5 Å². The number of nitrogens with zero attached hydrogens (tertiary/aromatic N) is 1. The second-order valence-electron chi connectivity index (χ2n) is 9.12. The molecule has 1 N–H and O–H groups in total. The summed E-state index contributed by atoms with van der Waals surface area (Å²) < 4.78 is 10.7. The van der Waals surface area contributed by atoms with E-state index in [1.54, 1.807) is 12.0 Å². The molecule has 0 saturated carbocycles. The first kappa shape index (κ1) is 24.2. The minimum atomic E-state index is -0.608. The molecule has 1 aliphatic rings. The third kappa shape index (κ3) is 7.61. The number of esters is 1. The second-order valence-corrected chi connectivity index (χ2v) is 9.12. The third-order valence-electron chi connectivity index (χ3n) is 4.68. The molecule has 168 valence electrons. The Kier molecular flexibility index (Phi) is 8.67. The van der Waals surface area contributed by atoms with Gasteiger partial charge in [0.2, 0.25) is 0 Å². The molecule has 1 saturated heterocycles. The van der Waals surface area contributed by atoms with Gasteiger partial charge in [-0.25, -0.2) is 4.79 Å². The van der Waals surface area contributed by atoms with Crippen LogP contribution in [0.4, 0.5) is 4.79 Å². The normalized spacial score (nSPS) is 20.8. The van der Waals surface area contributed by atoms with E-state index in [9.17, 15) is 9.59 Å². The summed E-state index contributed by atoms with van der Waals surface area (Å²) in [5, 5.41) is 4.72. The lowest BCUT2D eigenvalue weighted by Gasteiger charge is -2.30. The summed E-state index contributed by atoms with van der Waals surface area (Å²) in [4.78, 5) is 31.4. The van der Waals surface area contributed by atoms with Crippen molar-refractivity contribution in [3.05, 3.63) is 35.9 Å². The highest BCUT2D eigenvalue weighted by Gasteiger charge is 2.45. The van der Waals surface area contributed by atoms with Crippen LogP contribution in [0.3, 0.4) is 0 Å². The number of hydroxylamine groups is 2. The Morgan fingerprint density at radius 3 is 2.47 bits per heavy atom. The first-order valence-corrected chi connectivity index (χ1v) is 10.7. The van der Waals surface area contributed by atoms with Crippen molar-refractivity contribution in [2.45, 2.75) is 72.3 Å². The highest BCUT2D eigenvalue weighted by molar-refractivity contribution is 5.74. The maximum absolute atomic E-state index is 12.7. The van der Waals surface area contributed by atoms with Crippen molar-refractivity contribution in [1.82, 2.24) is 10.4 Å². The molecule has 2 rings (SSSR count). The molecule has 1 amide bonds. The van der Waals surface area contributed by atoms with Crippen molar-refractivity contribution in [3.8, 4) is 0 Å². The molecule has 0 aliphatic carbocycles. The van der Waals surface area contributed by atoms with Gasteiger partial charge in [-0.2, -0.15) is 5.06 Å². The number of carbonyl (C=O) groups is 2. The molecule has 0 spiro atoms. The summed E-state index contributed by atoms with van der Waals surface area (Å²) in [7, 11) is 0. The van der Waals surface area contributed by atoms with Gasteiger partial charge in [-0.1, -0.05) is 44.2 Å². The monoisotopic (exact) mass is 420 g/mol. The van der Waals surface area contributed by atoms with Gasteiger partial charge >= 0.3 is 12.1 Å². The summed E-state index contributed by atoms with van der Waals surface area (Å²) in [5.74, 6) is -0.510. The standard InChI is InChI=1S/C23H36N2O5/c1-7-28-21(26)18-15-25(14-17-11-9-8-10-12-17)30-20(18)19(13-16(2)3)24-22(27)29-23(4,5)6/h8-12,16,18-20H,7,13-15H2,1-6H3,(H,24,27). The summed E-state index contributed by atoms with van der Waals surface area (Å²) in [6, 6.07) is 9.55. The largest absolute Gasteiger partial charge is 0.466 e. The van der Waals surface area contributed by atoms with Crippen molar-refractivity contribution in [3.63, 3.8) is 0 Å². The van der Waals surface area contributed by atoms with Gasteiger partial charge in [0.25, 0.3) is 0 Å². The fraction of sp³-hybridized carbons (Fsp3) is 0.652. The van der Waals surface area contributed by atoms with E-state index in [2.05, 4.69) is 19.2 Å². The van der Waals surface area contributed by atoms with E-state index < -0.39 is 23.7 Å². The van der Waals surface area contributed by atoms with Crippen LogP contribution >= 0.6 is 0 Å². The van der Waals surface area contributed by atoms with Crippen LogP contribution in [0, 0.1) is 11.8 Å². The lowest BCUT2D eigenvalue weighted by atomic mass is 9.91. The molecule has 1 aromatic carbocycles. The molecule has 0 radical (unpaired) electrons. The van der Waals surface area contributed by atoms with Crippen LogP contribution in [-0.4, -0.2) is 48.0 Å². The average Bonchev–Trinajstić information content (AvgIpc) is 3.04. The molecule has 3 unspecified atom stereocenters. The first-order valence-electron chi connectivity index (χ1n) is 10.7. The number of rotatable bonds is 8. The van der Waals surface area contributed by atoms with Gasteiger partial charge in [0.15, 0.2) is 0 Å². The maximum atomic E-state index is 12.7. The molecule has 0 bridgehead atoms. The van der Waals surface area contributed by atoms with Gasteiger partial charge < -0.3 is 14.8 Å². The molecule has 1 aliphatic heterocycles. The number of carbonyl (C=O) groups excluding carboxylic acids is 2. The van der Waals surface area contributed by atoms with E-state index in [0.717, 1.165) is 5.56 Å². The molecule has 0 aromatic heterocycles. The lowest BCUT2D eigenvalue weighted by Crippen LogP contribution is -2.49. The molecule has 7 heteroatoms. The number of benzene rings is 1. The molecular formula is C23H36N2O5. The van der Waals surface area contributed by atoms with Crippen LogP contribution in [0.25, 0.3) is 0 Å². The van der Waals surface area contributed by atoms with Crippen molar-refractivity contribution in [1.29, 1.82) is 0 Å². The van der Waals surface area contributed by atoms with E-state index in [1.165, 1.54) is 0 Å². The minimum Gasteiger partial charge on any atom is -0.466 e. The Morgan fingerprint density at radius 2 is 1.90 bits per heavy atom. The third-order valence-corrected chi connectivity index (χ3v) is 4.68. The van der Waals surface area contributed by atoms with E-state index in [-0.39, 0.29) is 12.0 Å². The van der Waals surface area contributed by atoms with Crippen molar-refractivity contribution in [2.24, 2.45) is 11.8 Å². The Balaban J connectivity index is 2.19. The summed E-state index contributed by atoms with van der Waals surface area (Å²) in [5.41, 5.74) is 0.476. The molecule has 3 atom stereocenters. The lowest BCUT2D eigenvalue weighted by molar-refractivity contribution is -0.167. The van der Waals surface area contributed by atoms with Gasteiger partial charge in [0.1, 0.15) is 17.6 Å². The van der Waals surface area contributed by atoms with Crippen LogP contribution in [0.5, 0.6) is 0 Å². The summed E-state index contributed by atoms with van der Waals surface area (Å²) in [6.07, 6.45) is -0.387. The van der Waals surface area contributed by atoms with Crippen LogP contribution < -0.4 is 5.32 Å². The predicted octanol–water partition coefficient (Wildman–Crippen LogP) is 3.92. The van der Waals surface area contributed by atoms with Gasteiger partial charge in [-0.3, -0.25) is 9.63 Å². The number of ether oxygens (including phenoxy) is 2.